The van der Waals surface area contributed by atoms with Gasteiger partial charge in [0, 0.05) is 24.7 Å². The lowest BCUT2D eigenvalue weighted by molar-refractivity contribution is 0.430. The maximum Gasteiger partial charge on any atom is 0.223 e. The number of nitrogens with zero attached hydrogens (tertiary/aromatic N) is 5. The van der Waals surface area contributed by atoms with Gasteiger partial charge >= 0.3 is 0 Å². The van der Waals surface area contributed by atoms with Gasteiger partial charge in [0.05, 0.1) is 23.8 Å². The minimum atomic E-state index is -3.33. The van der Waals surface area contributed by atoms with Crippen LogP contribution < -0.4 is 10.0 Å². The second-order valence-electron chi connectivity index (χ2n) is 8.64. The van der Waals surface area contributed by atoms with Crippen molar-refractivity contribution in [1.29, 1.82) is 0 Å². The number of rotatable bonds is 9. The van der Waals surface area contributed by atoms with E-state index in [1.54, 1.807) is 6.20 Å². The molecule has 0 unspecified atom stereocenters. The molecule has 2 aromatic rings. The van der Waals surface area contributed by atoms with E-state index in [1.807, 2.05) is 44.3 Å². The molecule has 9 nitrogen and oxygen atoms in total. The standard InChI is InChI=1S/C20H32FN7O2S/c1-13(2)28-14(3)22-12-18(28)19-17(21)11-23-20(25-19)24-15-6-7-16(10-15)26-31(29,30)9-8-27(4)5/h11-13,15-16,26H,6-10H2,1-5H3,(H,23,24,25)/t15-,16+/m0/s1. The van der Waals surface area contributed by atoms with Crippen LogP contribution in [0.2, 0.25) is 0 Å². The van der Waals surface area contributed by atoms with Crippen LogP contribution in [0.4, 0.5) is 10.3 Å². The van der Waals surface area contributed by atoms with Gasteiger partial charge in [-0.15, -0.1) is 0 Å². The number of halogens is 1. The average molecular weight is 454 g/mol. The first-order valence-electron chi connectivity index (χ1n) is 10.5. The molecule has 1 aliphatic carbocycles. The Morgan fingerprint density at radius 1 is 1.23 bits per heavy atom. The molecule has 0 saturated heterocycles. The van der Waals surface area contributed by atoms with E-state index in [4.69, 9.17) is 0 Å². The fourth-order valence-corrected chi connectivity index (χ4v) is 5.36. The van der Waals surface area contributed by atoms with Crippen LogP contribution in [0.15, 0.2) is 12.4 Å². The molecule has 1 fully saturated rings. The van der Waals surface area contributed by atoms with Crippen molar-refractivity contribution in [2.24, 2.45) is 0 Å². The average Bonchev–Trinajstić information content (AvgIpc) is 3.27. The highest BCUT2D eigenvalue weighted by molar-refractivity contribution is 7.89. The van der Waals surface area contributed by atoms with Crippen molar-refractivity contribution in [3.8, 4) is 11.4 Å². The molecule has 2 atom stereocenters. The summed E-state index contributed by atoms with van der Waals surface area (Å²) < 4.78 is 43.7. The van der Waals surface area contributed by atoms with Crippen molar-refractivity contribution >= 4 is 16.0 Å². The van der Waals surface area contributed by atoms with Crippen LogP contribution in [0, 0.1) is 12.7 Å². The third kappa shape index (κ3) is 5.98. The molecule has 2 aromatic heterocycles. The zero-order chi connectivity index (χ0) is 22.8. The van der Waals surface area contributed by atoms with E-state index in [-0.39, 0.29) is 29.6 Å². The minimum absolute atomic E-state index is 0.0107. The van der Waals surface area contributed by atoms with E-state index >= 15 is 0 Å². The molecule has 1 aliphatic rings. The van der Waals surface area contributed by atoms with Gasteiger partial charge in [-0.3, -0.25) is 0 Å². The highest BCUT2D eigenvalue weighted by Crippen LogP contribution is 2.27. The molecule has 2 heterocycles. The molecule has 0 aliphatic heterocycles. The van der Waals surface area contributed by atoms with Crippen molar-refractivity contribution in [3.05, 3.63) is 24.0 Å². The molecule has 0 radical (unpaired) electrons. The third-order valence-electron chi connectivity index (χ3n) is 5.40. The molecule has 0 bridgehead atoms. The van der Waals surface area contributed by atoms with Crippen LogP contribution in [-0.4, -0.2) is 71.3 Å². The lowest BCUT2D eigenvalue weighted by Gasteiger charge is -2.17. The van der Waals surface area contributed by atoms with Crippen molar-refractivity contribution in [2.75, 3.05) is 31.7 Å². The zero-order valence-electron chi connectivity index (χ0n) is 18.8. The Morgan fingerprint density at radius 2 is 1.94 bits per heavy atom. The first-order chi connectivity index (χ1) is 14.6. The minimum Gasteiger partial charge on any atom is -0.351 e. The van der Waals surface area contributed by atoms with E-state index in [1.165, 1.54) is 0 Å². The van der Waals surface area contributed by atoms with Gasteiger partial charge in [-0.05, 0) is 54.1 Å². The fraction of sp³-hybridized carbons (Fsp3) is 0.650. The van der Waals surface area contributed by atoms with Crippen molar-refractivity contribution in [2.45, 2.75) is 58.2 Å². The van der Waals surface area contributed by atoms with E-state index < -0.39 is 15.8 Å². The second kappa shape index (κ2) is 9.58. The molecular weight excluding hydrogens is 421 g/mol. The summed E-state index contributed by atoms with van der Waals surface area (Å²) in [4.78, 5) is 14.6. The number of anilines is 1. The lowest BCUT2D eigenvalue weighted by atomic mass is 10.2. The highest BCUT2D eigenvalue weighted by Gasteiger charge is 2.29. The highest BCUT2D eigenvalue weighted by atomic mass is 32.2. The van der Waals surface area contributed by atoms with Gasteiger partial charge in [-0.2, -0.15) is 0 Å². The third-order valence-corrected chi connectivity index (χ3v) is 6.82. The van der Waals surface area contributed by atoms with Gasteiger partial charge in [0.2, 0.25) is 16.0 Å². The normalized spacial score (nSPS) is 19.5. The Bertz CT molecular complexity index is 1010. The molecule has 31 heavy (non-hydrogen) atoms. The van der Waals surface area contributed by atoms with E-state index in [2.05, 4.69) is 25.0 Å². The molecule has 3 rings (SSSR count). The Hall–Kier alpha value is -2.11. The first-order valence-corrected chi connectivity index (χ1v) is 12.2. The smallest absolute Gasteiger partial charge is 0.223 e. The van der Waals surface area contributed by atoms with Gasteiger partial charge in [-0.25, -0.2) is 32.5 Å². The van der Waals surface area contributed by atoms with Gasteiger partial charge in [0.15, 0.2) is 5.82 Å². The van der Waals surface area contributed by atoms with Gasteiger partial charge < -0.3 is 14.8 Å². The zero-order valence-corrected chi connectivity index (χ0v) is 19.6. The number of nitrogens with one attached hydrogen (secondary N) is 2. The molecule has 2 N–H and O–H groups in total. The van der Waals surface area contributed by atoms with Crippen LogP contribution in [0.5, 0.6) is 0 Å². The van der Waals surface area contributed by atoms with Crippen LogP contribution in [-0.2, 0) is 10.0 Å². The maximum absolute atomic E-state index is 14.5. The summed E-state index contributed by atoms with van der Waals surface area (Å²) in [6.45, 7) is 6.37. The Balaban J connectivity index is 1.68. The van der Waals surface area contributed by atoms with E-state index in [0.29, 0.717) is 24.6 Å². The summed E-state index contributed by atoms with van der Waals surface area (Å²) in [5.74, 6) is 0.678. The SMILES string of the molecule is Cc1ncc(-c2nc(N[C@H]3CC[C@@H](NS(=O)(=O)CCN(C)C)C3)ncc2F)n1C(C)C. The maximum atomic E-state index is 14.5. The number of aryl methyl sites for hydroxylation is 1. The molecule has 1 saturated carbocycles. The molecule has 0 amide bonds. The molecule has 0 aromatic carbocycles. The largest absolute Gasteiger partial charge is 0.351 e. The summed E-state index contributed by atoms with van der Waals surface area (Å²) in [6, 6.07) is -0.00871. The lowest BCUT2D eigenvalue weighted by Crippen LogP contribution is -2.38. The predicted molar refractivity (Wildman–Crippen MR) is 119 cm³/mol. The van der Waals surface area contributed by atoms with Gasteiger partial charge in [-0.1, -0.05) is 0 Å². The monoisotopic (exact) mass is 453 g/mol. The van der Waals surface area contributed by atoms with Crippen molar-refractivity contribution in [3.63, 3.8) is 0 Å². The quantitative estimate of drug-likeness (QED) is 0.600. The van der Waals surface area contributed by atoms with Gasteiger partial charge in [0.1, 0.15) is 11.5 Å². The summed E-state index contributed by atoms with van der Waals surface area (Å²) in [6.07, 6.45) is 4.92. The summed E-state index contributed by atoms with van der Waals surface area (Å²) in [7, 11) is 0.364. The molecule has 11 heteroatoms. The van der Waals surface area contributed by atoms with Crippen LogP contribution in [0.1, 0.15) is 45.0 Å². The summed E-state index contributed by atoms with van der Waals surface area (Å²) in [5, 5.41) is 3.24. The number of hydrogen-bond donors (Lipinski definition) is 2. The van der Waals surface area contributed by atoms with Crippen LogP contribution in [0.3, 0.4) is 0 Å². The van der Waals surface area contributed by atoms with E-state index in [9.17, 15) is 12.8 Å². The number of imidazole rings is 1. The molecular formula is C20H32FN7O2S. The fourth-order valence-electron chi connectivity index (χ4n) is 3.91. The second-order valence-corrected chi connectivity index (χ2v) is 10.5. The number of sulfonamides is 1. The summed E-state index contributed by atoms with van der Waals surface area (Å²) in [5.41, 5.74) is 0.805. The Morgan fingerprint density at radius 3 is 2.61 bits per heavy atom. The van der Waals surface area contributed by atoms with Crippen molar-refractivity contribution in [1.82, 2.24) is 29.1 Å². The van der Waals surface area contributed by atoms with Crippen LogP contribution >= 0.6 is 0 Å². The Kier molecular flexibility index (Phi) is 7.28. The van der Waals surface area contributed by atoms with Crippen molar-refractivity contribution < 1.29 is 12.8 Å². The molecule has 172 valence electrons. The first kappa shape index (κ1) is 23.6. The van der Waals surface area contributed by atoms with Crippen LogP contribution in [0.25, 0.3) is 11.4 Å². The number of hydrogen-bond acceptors (Lipinski definition) is 7. The van der Waals surface area contributed by atoms with E-state index in [0.717, 1.165) is 24.9 Å². The topological polar surface area (TPSA) is 105 Å². The number of aromatic nitrogens is 4. The summed E-state index contributed by atoms with van der Waals surface area (Å²) >= 11 is 0. The predicted octanol–water partition coefficient (Wildman–Crippen LogP) is 2.18. The Labute approximate surface area is 183 Å². The van der Waals surface area contributed by atoms with Gasteiger partial charge in [0.25, 0.3) is 0 Å². The molecule has 0 spiro atoms.